The summed E-state index contributed by atoms with van der Waals surface area (Å²) in [7, 11) is -0.198. The van der Waals surface area contributed by atoms with Gasteiger partial charge in [-0.3, -0.25) is 0 Å². The number of β-amino-alcohol motifs (C(OH)–C–C–N with tert-alkyl or cyclic N) is 1. The largest absolute Gasteiger partial charge is 0.392 e. The minimum atomic E-state index is -3.87. The quantitative estimate of drug-likeness (QED) is 0.896. The van der Waals surface area contributed by atoms with Gasteiger partial charge < -0.3 is 10.0 Å². The molecule has 0 spiro atoms. The van der Waals surface area contributed by atoms with Crippen LogP contribution in [0.1, 0.15) is 6.42 Å². The minimum absolute atomic E-state index is 0.0224. The van der Waals surface area contributed by atoms with E-state index in [0.717, 1.165) is 18.2 Å². The highest BCUT2D eigenvalue weighted by atomic mass is 35.5. The number of likely N-dealkylation sites (N-methyl/N-ethyl adjacent to an activating group) is 1. The second kappa shape index (κ2) is 6.18. The predicted molar refractivity (Wildman–Crippen MR) is 78.3 cm³/mol. The van der Waals surface area contributed by atoms with Gasteiger partial charge in [0.15, 0.2) is 0 Å². The number of rotatable bonds is 4. The van der Waals surface area contributed by atoms with E-state index < -0.39 is 21.9 Å². The van der Waals surface area contributed by atoms with Gasteiger partial charge in [0.25, 0.3) is 0 Å². The Labute approximate surface area is 129 Å². The molecule has 1 aliphatic heterocycles. The van der Waals surface area contributed by atoms with Crippen molar-refractivity contribution in [3.63, 3.8) is 0 Å². The molecule has 8 heteroatoms. The maximum absolute atomic E-state index is 13.1. The van der Waals surface area contributed by atoms with Gasteiger partial charge in [0.05, 0.1) is 11.1 Å². The Bertz CT molecular complexity index is 624. The molecule has 0 amide bonds. The van der Waals surface area contributed by atoms with Crippen molar-refractivity contribution < 1.29 is 17.9 Å². The van der Waals surface area contributed by atoms with Crippen LogP contribution in [0.25, 0.3) is 0 Å². The van der Waals surface area contributed by atoms with Crippen LogP contribution in [-0.2, 0) is 10.0 Å². The van der Waals surface area contributed by atoms with Gasteiger partial charge in [0.1, 0.15) is 10.7 Å². The first kappa shape index (κ1) is 16.6. The fourth-order valence-corrected chi connectivity index (χ4v) is 4.73. The molecule has 0 bridgehead atoms. The summed E-state index contributed by atoms with van der Waals surface area (Å²) in [6.45, 7) is 0.518. The van der Waals surface area contributed by atoms with E-state index in [0.29, 0.717) is 13.0 Å². The third kappa shape index (κ3) is 3.54. The number of hydrogen-bond donors (Lipinski definition) is 1. The minimum Gasteiger partial charge on any atom is -0.392 e. The lowest BCUT2D eigenvalue weighted by molar-refractivity contribution is 0.188. The van der Waals surface area contributed by atoms with E-state index in [9.17, 15) is 17.9 Å². The molecule has 118 valence electrons. The highest BCUT2D eigenvalue weighted by molar-refractivity contribution is 7.89. The van der Waals surface area contributed by atoms with E-state index in [1.54, 1.807) is 0 Å². The summed E-state index contributed by atoms with van der Waals surface area (Å²) >= 11 is 5.86. The predicted octanol–water partition coefficient (Wildman–Crippen LogP) is 1.16. The molecule has 1 N–H and O–H groups in total. The molecule has 21 heavy (non-hydrogen) atoms. The number of hydrogen-bond acceptors (Lipinski definition) is 4. The molecule has 1 fully saturated rings. The van der Waals surface area contributed by atoms with Crippen molar-refractivity contribution in [2.24, 2.45) is 0 Å². The molecule has 0 aliphatic carbocycles. The number of sulfonamides is 1. The number of nitrogens with zero attached hydrogens (tertiary/aromatic N) is 2. The van der Waals surface area contributed by atoms with Gasteiger partial charge >= 0.3 is 0 Å². The summed E-state index contributed by atoms with van der Waals surface area (Å²) in [6.07, 6.45) is -0.333. The second-order valence-electron chi connectivity index (χ2n) is 5.46. The number of benzene rings is 1. The van der Waals surface area contributed by atoms with Gasteiger partial charge in [-0.1, -0.05) is 11.6 Å². The first-order chi connectivity index (χ1) is 9.71. The van der Waals surface area contributed by atoms with E-state index in [2.05, 4.69) is 0 Å². The van der Waals surface area contributed by atoms with Gasteiger partial charge in [-0.05, 0) is 38.7 Å². The van der Waals surface area contributed by atoms with Crippen molar-refractivity contribution in [3.8, 4) is 0 Å². The fourth-order valence-electron chi connectivity index (χ4n) is 2.56. The molecular weight excluding hydrogens is 319 g/mol. The maximum atomic E-state index is 13.1. The molecule has 1 heterocycles. The Kier molecular flexibility index (Phi) is 4.89. The average Bonchev–Trinajstić information content (AvgIpc) is 2.69. The lowest BCUT2D eigenvalue weighted by atomic mass is 10.2. The van der Waals surface area contributed by atoms with Gasteiger partial charge in [-0.15, -0.1) is 0 Å². The molecule has 5 nitrogen and oxygen atoms in total. The van der Waals surface area contributed by atoms with Crippen molar-refractivity contribution in [2.75, 3.05) is 27.2 Å². The molecule has 2 atom stereocenters. The molecule has 0 aromatic heterocycles. The molecule has 1 aromatic rings. The third-order valence-electron chi connectivity index (χ3n) is 3.40. The first-order valence-electron chi connectivity index (χ1n) is 6.51. The van der Waals surface area contributed by atoms with Crippen LogP contribution in [0.3, 0.4) is 0 Å². The van der Waals surface area contributed by atoms with Crippen molar-refractivity contribution in [2.45, 2.75) is 23.5 Å². The van der Waals surface area contributed by atoms with Crippen LogP contribution in [-0.4, -0.2) is 62.1 Å². The lowest BCUT2D eigenvalue weighted by Crippen LogP contribution is -2.41. The molecule has 1 saturated heterocycles. The standard InChI is InChI=1S/C13H18ClFN2O3S/c1-16(2)7-10-6-11(18)8-17(10)21(19,20)13-4-3-9(15)5-12(13)14/h3-5,10-11,18H,6-8H2,1-2H3. The van der Waals surface area contributed by atoms with E-state index in [-0.39, 0.29) is 22.5 Å². The summed E-state index contributed by atoms with van der Waals surface area (Å²) in [5.74, 6) is -0.592. The van der Waals surface area contributed by atoms with Crippen molar-refractivity contribution in [1.82, 2.24) is 9.21 Å². The van der Waals surface area contributed by atoms with Crippen molar-refractivity contribution >= 4 is 21.6 Å². The van der Waals surface area contributed by atoms with Crippen LogP contribution in [0.15, 0.2) is 23.1 Å². The topological polar surface area (TPSA) is 60.9 Å². The zero-order valence-electron chi connectivity index (χ0n) is 11.8. The summed E-state index contributed by atoms with van der Waals surface area (Å²) in [5, 5.41) is 9.64. The Balaban J connectivity index is 2.37. The number of halogens is 2. The molecule has 0 saturated carbocycles. The highest BCUT2D eigenvalue weighted by Gasteiger charge is 2.40. The van der Waals surface area contributed by atoms with Gasteiger partial charge in [-0.2, -0.15) is 4.31 Å². The number of aliphatic hydroxyl groups is 1. The van der Waals surface area contributed by atoms with Crippen LogP contribution in [0.5, 0.6) is 0 Å². The van der Waals surface area contributed by atoms with Crippen LogP contribution in [0.2, 0.25) is 5.02 Å². The summed E-state index contributed by atoms with van der Waals surface area (Å²) in [4.78, 5) is 1.72. The smallest absolute Gasteiger partial charge is 0.244 e. The molecule has 2 rings (SSSR count). The van der Waals surface area contributed by atoms with Crippen LogP contribution < -0.4 is 0 Å². The third-order valence-corrected chi connectivity index (χ3v) is 5.80. The van der Waals surface area contributed by atoms with Crippen LogP contribution in [0, 0.1) is 5.82 Å². The summed E-state index contributed by atoms with van der Waals surface area (Å²) < 4.78 is 39.7. The first-order valence-corrected chi connectivity index (χ1v) is 8.33. The van der Waals surface area contributed by atoms with Crippen LogP contribution in [0.4, 0.5) is 4.39 Å². The summed E-state index contributed by atoms with van der Waals surface area (Å²) in [6, 6.07) is 2.86. The van der Waals surface area contributed by atoms with E-state index in [4.69, 9.17) is 11.6 Å². The average molecular weight is 337 g/mol. The van der Waals surface area contributed by atoms with E-state index in [1.807, 2.05) is 19.0 Å². The number of aliphatic hydroxyl groups excluding tert-OH is 1. The molecular formula is C13H18ClFN2O3S. The Morgan fingerprint density at radius 3 is 2.71 bits per heavy atom. The Hall–Kier alpha value is -0.730. The molecule has 0 radical (unpaired) electrons. The SMILES string of the molecule is CN(C)CC1CC(O)CN1S(=O)(=O)c1ccc(F)cc1Cl. The van der Waals surface area contributed by atoms with Crippen molar-refractivity contribution in [1.29, 1.82) is 0 Å². The molecule has 1 aromatic carbocycles. The molecule has 1 aliphatic rings. The Morgan fingerprint density at radius 1 is 1.48 bits per heavy atom. The molecule has 2 unspecified atom stereocenters. The van der Waals surface area contributed by atoms with Crippen LogP contribution >= 0.6 is 11.6 Å². The van der Waals surface area contributed by atoms with Gasteiger partial charge in [0.2, 0.25) is 10.0 Å². The summed E-state index contributed by atoms with van der Waals surface area (Å²) in [5.41, 5.74) is 0. The maximum Gasteiger partial charge on any atom is 0.244 e. The normalized spacial score (nSPS) is 23.9. The lowest BCUT2D eigenvalue weighted by Gasteiger charge is -2.26. The van der Waals surface area contributed by atoms with Gasteiger partial charge in [-0.25, -0.2) is 12.8 Å². The van der Waals surface area contributed by atoms with E-state index in [1.165, 1.54) is 4.31 Å². The highest BCUT2D eigenvalue weighted by Crippen LogP contribution is 2.30. The Morgan fingerprint density at radius 2 is 2.14 bits per heavy atom. The second-order valence-corrected chi connectivity index (χ2v) is 7.72. The van der Waals surface area contributed by atoms with E-state index >= 15 is 0 Å². The zero-order valence-corrected chi connectivity index (χ0v) is 13.4. The van der Waals surface area contributed by atoms with Gasteiger partial charge in [0, 0.05) is 19.1 Å². The van der Waals surface area contributed by atoms with Crippen molar-refractivity contribution in [3.05, 3.63) is 29.0 Å². The monoisotopic (exact) mass is 336 g/mol. The zero-order chi connectivity index (χ0) is 15.8. The fraction of sp³-hybridized carbons (Fsp3) is 0.538.